The minimum atomic E-state index is 0.139. The number of benzene rings is 1. The summed E-state index contributed by atoms with van der Waals surface area (Å²) in [5, 5.41) is 0. The number of aryl methyl sites for hydroxylation is 1. The van der Waals surface area contributed by atoms with Gasteiger partial charge in [-0.1, -0.05) is 19.9 Å². The zero-order valence-electron chi connectivity index (χ0n) is 16.3. The van der Waals surface area contributed by atoms with Gasteiger partial charge >= 0.3 is 0 Å². The third kappa shape index (κ3) is 3.04. The van der Waals surface area contributed by atoms with Crippen molar-refractivity contribution in [1.82, 2.24) is 15.0 Å². The Morgan fingerprint density at radius 2 is 2.07 bits per heavy atom. The van der Waals surface area contributed by atoms with Gasteiger partial charge in [-0.25, -0.2) is 9.97 Å². The smallest absolute Gasteiger partial charge is 0.252 e. The van der Waals surface area contributed by atoms with Crippen LogP contribution in [0.3, 0.4) is 0 Å². The van der Waals surface area contributed by atoms with Crippen molar-refractivity contribution < 1.29 is 13.9 Å². The Morgan fingerprint density at radius 3 is 2.96 bits per heavy atom. The molecular formula is C21H24N4O3. The lowest BCUT2D eigenvalue weighted by Crippen LogP contribution is -2.43. The Kier molecular flexibility index (Phi) is 4.10. The van der Waals surface area contributed by atoms with Gasteiger partial charge in [0.15, 0.2) is 28.7 Å². The van der Waals surface area contributed by atoms with Crippen LogP contribution in [-0.2, 0) is 12.8 Å². The molecule has 7 nitrogen and oxygen atoms in total. The summed E-state index contributed by atoms with van der Waals surface area (Å²) < 4.78 is 16.7. The molecule has 2 aliphatic rings. The number of anilines is 1. The van der Waals surface area contributed by atoms with Crippen molar-refractivity contribution in [2.24, 2.45) is 5.41 Å². The molecule has 4 heterocycles. The molecule has 1 saturated heterocycles. The van der Waals surface area contributed by atoms with Crippen molar-refractivity contribution in [2.45, 2.75) is 39.5 Å². The zero-order chi connectivity index (χ0) is 19.1. The van der Waals surface area contributed by atoms with Crippen LogP contribution in [0.1, 0.15) is 38.1 Å². The highest BCUT2D eigenvalue weighted by molar-refractivity contribution is 5.81. The lowest BCUT2D eigenvalue weighted by Gasteiger charge is -2.41. The summed E-state index contributed by atoms with van der Waals surface area (Å²) in [6.07, 6.45) is 5.59. The van der Waals surface area contributed by atoms with Gasteiger partial charge in [-0.05, 0) is 42.4 Å². The zero-order valence-corrected chi connectivity index (χ0v) is 16.3. The van der Waals surface area contributed by atoms with Crippen molar-refractivity contribution in [3.63, 3.8) is 0 Å². The van der Waals surface area contributed by atoms with Gasteiger partial charge in [-0.15, -0.1) is 0 Å². The van der Waals surface area contributed by atoms with Gasteiger partial charge in [0, 0.05) is 19.5 Å². The molecule has 1 aromatic carbocycles. The van der Waals surface area contributed by atoms with Gasteiger partial charge in [-0.2, -0.15) is 4.98 Å². The van der Waals surface area contributed by atoms with E-state index in [4.69, 9.17) is 13.9 Å². The fourth-order valence-corrected chi connectivity index (χ4v) is 4.35. The molecule has 1 fully saturated rings. The first-order valence-electron chi connectivity index (χ1n) is 9.87. The number of fused-ring (bicyclic) bond motifs is 2. The van der Waals surface area contributed by atoms with Crippen molar-refractivity contribution in [2.75, 3.05) is 24.8 Å². The molecule has 0 unspecified atom stereocenters. The van der Waals surface area contributed by atoms with Crippen molar-refractivity contribution >= 4 is 17.0 Å². The molecule has 0 amide bonds. The lowest BCUT2D eigenvalue weighted by atomic mass is 9.77. The standard InChI is InChI=1S/C21H24N4O3/c1-3-17-24-18-19(22-12-23-20(18)28-17)25-8-4-7-21(2,11-25)10-14-5-6-15-16(9-14)27-13-26-15/h5-6,9,12H,3-4,7-8,10-11,13H2,1-2H3/t21-/m1/s1. The molecule has 0 aliphatic carbocycles. The second-order valence-corrected chi connectivity index (χ2v) is 8.01. The summed E-state index contributed by atoms with van der Waals surface area (Å²) in [4.78, 5) is 15.8. The minimum Gasteiger partial charge on any atom is -0.454 e. The maximum Gasteiger partial charge on any atom is 0.252 e. The number of rotatable bonds is 4. The average Bonchev–Trinajstić information content (AvgIpc) is 3.33. The van der Waals surface area contributed by atoms with Crippen LogP contribution in [0, 0.1) is 5.41 Å². The summed E-state index contributed by atoms with van der Waals surface area (Å²) >= 11 is 0. The van der Waals surface area contributed by atoms with E-state index in [9.17, 15) is 0 Å². The highest BCUT2D eigenvalue weighted by atomic mass is 16.7. The van der Waals surface area contributed by atoms with Crippen LogP contribution in [0.25, 0.3) is 11.2 Å². The summed E-state index contributed by atoms with van der Waals surface area (Å²) in [5.74, 6) is 3.27. The van der Waals surface area contributed by atoms with E-state index >= 15 is 0 Å². The molecule has 0 N–H and O–H groups in total. The van der Waals surface area contributed by atoms with Gasteiger partial charge in [-0.3, -0.25) is 0 Å². The predicted octanol–water partition coefficient (Wildman–Crippen LogP) is 3.76. The molecule has 2 aliphatic heterocycles. The maximum atomic E-state index is 5.72. The number of piperidine rings is 1. The third-order valence-corrected chi connectivity index (χ3v) is 5.67. The van der Waals surface area contributed by atoms with E-state index in [2.05, 4.69) is 38.9 Å². The number of hydrogen-bond acceptors (Lipinski definition) is 7. The molecule has 0 spiro atoms. The fourth-order valence-electron chi connectivity index (χ4n) is 4.35. The third-order valence-electron chi connectivity index (χ3n) is 5.67. The fraction of sp³-hybridized carbons (Fsp3) is 0.476. The molecule has 28 heavy (non-hydrogen) atoms. The minimum absolute atomic E-state index is 0.139. The molecule has 1 atom stereocenters. The van der Waals surface area contributed by atoms with Crippen LogP contribution in [0.2, 0.25) is 0 Å². The molecule has 0 radical (unpaired) electrons. The monoisotopic (exact) mass is 380 g/mol. The lowest BCUT2D eigenvalue weighted by molar-refractivity contribution is 0.174. The van der Waals surface area contributed by atoms with Crippen LogP contribution in [0.15, 0.2) is 28.9 Å². The van der Waals surface area contributed by atoms with Gasteiger partial charge in [0.05, 0.1) is 0 Å². The van der Waals surface area contributed by atoms with E-state index in [0.717, 1.165) is 55.2 Å². The van der Waals surface area contributed by atoms with Gasteiger partial charge < -0.3 is 18.8 Å². The molecule has 0 bridgehead atoms. The number of ether oxygens (including phenoxy) is 2. The molecule has 5 rings (SSSR count). The maximum absolute atomic E-state index is 5.72. The van der Waals surface area contributed by atoms with Crippen LogP contribution in [0.5, 0.6) is 11.5 Å². The van der Waals surface area contributed by atoms with E-state index in [-0.39, 0.29) is 5.41 Å². The van der Waals surface area contributed by atoms with Crippen LogP contribution in [-0.4, -0.2) is 34.8 Å². The Bertz CT molecular complexity index is 1020. The number of aromatic nitrogens is 3. The molecule has 2 aromatic heterocycles. The highest BCUT2D eigenvalue weighted by Gasteiger charge is 2.33. The number of nitrogens with zero attached hydrogens (tertiary/aromatic N) is 4. The van der Waals surface area contributed by atoms with Crippen molar-refractivity contribution in [3.05, 3.63) is 36.0 Å². The first-order valence-corrected chi connectivity index (χ1v) is 9.87. The summed E-state index contributed by atoms with van der Waals surface area (Å²) in [6, 6.07) is 6.27. The van der Waals surface area contributed by atoms with Gasteiger partial charge in [0.2, 0.25) is 6.79 Å². The molecular weight excluding hydrogens is 356 g/mol. The summed E-state index contributed by atoms with van der Waals surface area (Å²) in [6.45, 7) is 6.58. The number of hydrogen-bond donors (Lipinski definition) is 0. The van der Waals surface area contributed by atoms with Crippen molar-refractivity contribution in [1.29, 1.82) is 0 Å². The van der Waals surface area contributed by atoms with Gasteiger partial charge in [0.25, 0.3) is 5.71 Å². The summed E-state index contributed by atoms with van der Waals surface area (Å²) in [5.41, 5.74) is 2.76. The average molecular weight is 380 g/mol. The van der Waals surface area contributed by atoms with Gasteiger partial charge in [0.1, 0.15) is 6.33 Å². The first kappa shape index (κ1) is 17.3. The van der Waals surface area contributed by atoms with E-state index in [0.29, 0.717) is 18.4 Å². The summed E-state index contributed by atoms with van der Waals surface area (Å²) in [7, 11) is 0. The van der Waals surface area contributed by atoms with Crippen LogP contribution >= 0.6 is 0 Å². The Morgan fingerprint density at radius 1 is 1.18 bits per heavy atom. The quantitative estimate of drug-likeness (QED) is 0.682. The van der Waals surface area contributed by atoms with Crippen LogP contribution in [0.4, 0.5) is 5.82 Å². The molecule has 7 heteroatoms. The predicted molar refractivity (Wildman–Crippen MR) is 105 cm³/mol. The second-order valence-electron chi connectivity index (χ2n) is 8.01. The van der Waals surface area contributed by atoms with Crippen LogP contribution < -0.4 is 14.4 Å². The van der Waals surface area contributed by atoms with E-state index in [1.807, 2.05) is 13.0 Å². The van der Waals surface area contributed by atoms with E-state index in [1.165, 1.54) is 12.0 Å². The highest BCUT2D eigenvalue weighted by Crippen LogP contribution is 2.39. The van der Waals surface area contributed by atoms with E-state index in [1.54, 1.807) is 6.33 Å². The largest absolute Gasteiger partial charge is 0.454 e. The second kappa shape index (κ2) is 6.65. The topological polar surface area (TPSA) is 73.5 Å². The molecule has 146 valence electrons. The number of oxazole rings is 1. The molecule has 3 aromatic rings. The van der Waals surface area contributed by atoms with E-state index < -0.39 is 0 Å². The first-order chi connectivity index (χ1) is 13.6. The molecule has 0 saturated carbocycles. The van der Waals surface area contributed by atoms with Crippen molar-refractivity contribution in [3.8, 4) is 11.5 Å². The normalized spacial score (nSPS) is 21.4. The SMILES string of the molecule is CCc1nc2c(N3CCC[C@](C)(Cc4ccc5c(c4)OCO5)C3)ncnc2o1. The Balaban J connectivity index is 1.40. The Hall–Kier alpha value is -2.83. The Labute approximate surface area is 163 Å².